The Balaban J connectivity index is 0.00000432. The quantitative estimate of drug-likeness (QED) is 0.413. The number of hydrogen-bond donors (Lipinski definition) is 2. The van der Waals surface area contributed by atoms with Crippen LogP contribution in [0.5, 0.6) is 17.2 Å². The fraction of sp³-hybridized carbons (Fsp3) is 0.333. The molecule has 9 nitrogen and oxygen atoms in total. The minimum atomic E-state index is -4.59. The van der Waals surface area contributed by atoms with Gasteiger partial charge in [0.25, 0.3) is 0 Å². The summed E-state index contributed by atoms with van der Waals surface area (Å²) in [7, 11) is -1.18. The highest BCUT2D eigenvalue weighted by molar-refractivity contribution is 7.89. The van der Waals surface area contributed by atoms with E-state index in [1.165, 1.54) is 20.5 Å². The molecule has 0 aliphatic carbocycles. The van der Waals surface area contributed by atoms with E-state index in [1.54, 1.807) is 12.1 Å². The third-order valence-electron chi connectivity index (χ3n) is 4.46. The Bertz CT molecular complexity index is 1290. The lowest BCUT2D eigenvalue weighted by atomic mass is 10.2. The normalized spacial score (nSPS) is 11.8. The van der Waals surface area contributed by atoms with Gasteiger partial charge in [-0.2, -0.15) is 13.2 Å². The first-order valence-electron chi connectivity index (χ1n) is 9.97. The van der Waals surface area contributed by atoms with Gasteiger partial charge < -0.3 is 19.5 Å². The van der Waals surface area contributed by atoms with Crippen LogP contribution in [0.2, 0.25) is 0 Å². The van der Waals surface area contributed by atoms with Gasteiger partial charge in [-0.1, -0.05) is 0 Å². The van der Waals surface area contributed by atoms with Gasteiger partial charge in [-0.3, -0.25) is 0 Å². The molecule has 35 heavy (non-hydrogen) atoms. The van der Waals surface area contributed by atoms with E-state index in [0.717, 1.165) is 18.2 Å². The number of halogens is 4. The monoisotopic (exact) mass is 536 g/mol. The molecule has 0 bridgehead atoms. The van der Waals surface area contributed by atoms with Crippen molar-refractivity contribution in [1.29, 1.82) is 0 Å². The van der Waals surface area contributed by atoms with Crippen LogP contribution < -0.4 is 24.2 Å². The van der Waals surface area contributed by atoms with Crippen LogP contribution in [0.1, 0.15) is 13.8 Å². The number of rotatable bonds is 9. The number of nitrogens with one attached hydrogen (secondary N) is 2. The van der Waals surface area contributed by atoms with Crippen molar-refractivity contribution < 1.29 is 35.8 Å². The molecule has 0 radical (unpaired) electrons. The van der Waals surface area contributed by atoms with Crippen LogP contribution in [0.25, 0.3) is 10.9 Å². The maximum absolute atomic E-state index is 12.8. The van der Waals surface area contributed by atoms with Gasteiger partial charge in [0.1, 0.15) is 17.9 Å². The number of sulfonamides is 1. The van der Waals surface area contributed by atoms with Crippen LogP contribution in [0.15, 0.2) is 41.6 Å². The Morgan fingerprint density at radius 1 is 1.06 bits per heavy atom. The molecule has 0 atom stereocenters. The largest absolute Gasteiger partial charge is 0.493 e. The fourth-order valence-electron chi connectivity index (χ4n) is 2.97. The summed E-state index contributed by atoms with van der Waals surface area (Å²) in [6.07, 6.45) is -3.51. The van der Waals surface area contributed by atoms with Crippen molar-refractivity contribution in [2.75, 3.05) is 26.1 Å². The highest BCUT2D eigenvalue weighted by Crippen LogP contribution is 2.37. The van der Waals surface area contributed by atoms with Crippen LogP contribution in [0.3, 0.4) is 0 Å². The van der Waals surface area contributed by atoms with Gasteiger partial charge in [0.05, 0.1) is 29.3 Å². The van der Waals surface area contributed by atoms with Crippen molar-refractivity contribution in [3.8, 4) is 17.2 Å². The fourth-order valence-corrected chi connectivity index (χ4v) is 3.73. The second-order valence-corrected chi connectivity index (χ2v) is 9.19. The summed E-state index contributed by atoms with van der Waals surface area (Å²) in [4.78, 5) is 8.20. The Morgan fingerprint density at radius 3 is 2.37 bits per heavy atom. The molecule has 0 amide bonds. The summed E-state index contributed by atoms with van der Waals surface area (Å²) in [5, 5.41) is 3.34. The van der Waals surface area contributed by atoms with Crippen molar-refractivity contribution in [3.05, 3.63) is 36.7 Å². The third kappa shape index (κ3) is 6.99. The average molecular weight is 537 g/mol. The SMILES string of the molecule is CNS(=O)(=O)c1ccc(OCC(F)(F)F)c(Nc2ncnc3cc(OC)c(OC(C)C)cc23)c1.Cl. The van der Waals surface area contributed by atoms with E-state index in [9.17, 15) is 21.6 Å². The second kappa shape index (κ2) is 11.1. The van der Waals surface area contributed by atoms with E-state index in [0.29, 0.717) is 22.4 Å². The zero-order valence-electron chi connectivity index (χ0n) is 19.1. The summed E-state index contributed by atoms with van der Waals surface area (Å²) in [5.41, 5.74) is 0.421. The minimum absolute atomic E-state index is 0. The van der Waals surface area contributed by atoms with Crippen molar-refractivity contribution in [2.24, 2.45) is 0 Å². The topological polar surface area (TPSA) is 112 Å². The molecule has 192 valence electrons. The average Bonchev–Trinajstić information content (AvgIpc) is 2.77. The van der Waals surface area contributed by atoms with Crippen LogP contribution in [-0.2, 0) is 10.0 Å². The Morgan fingerprint density at radius 2 is 1.77 bits per heavy atom. The summed E-state index contributed by atoms with van der Waals surface area (Å²) >= 11 is 0. The lowest BCUT2D eigenvalue weighted by molar-refractivity contribution is -0.153. The maximum Gasteiger partial charge on any atom is 0.422 e. The number of ether oxygens (including phenoxy) is 3. The molecular weight excluding hydrogens is 513 g/mol. The van der Waals surface area contributed by atoms with Crippen LogP contribution in [-0.4, -0.2) is 51.4 Å². The number of alkyl halides is 3. The number of benzene rings is 2. The first-order valence-corrected chi connectivity index (χ1v) is 11.5. The van der Waals surface area contributed by atoms with Crippen molar-refractivity contribution in [3.63, 3.8) is 0 Å². The Hall–Kier alpha value is -3.03. The maximum atomic E-state index is 12.8. The molecular formula is C21H24ClF3N4O5S. The highest BCUT2D eigenvalue weighted by atomic mass is 35.5. The number of hydrogen-bond acceptors (Lipinski definition) is 8. The molecule has 0 unspecified atom stereocenters. The molecule has 0 saturated carbocycles. The molecule has 14 heteroatoms. The first-order chi connectivity index (χ1) is 15.9. The summed E-state index contributed by atoms with van der Waals surface area (Å²) in [6.45, 7) is 2.11. The van der Waals surface area contributed by atoms with Gasteiger partial charge in [-0.05, 0) is 45.2 Å². The molecule has 0 aliphatic heterocycles. The number of methoxy groups -OCH3 is 1. The highest BCUT2D eigenvalue weighted by Gasteiger charge is 2.29. The van der Waals surface area contributed by atoms with E-state index in [-0.39, 0.29) is 40.7 Å². The van der Waals surface area contributed by atoms with Crippen molar-refractivity contribution >= 4 is 44.8 Å². The Kier molecular flexibility index (Phi) is 8.98. The van der Waals surface area contributed by atoms with E-state index in [2.05, 4.69) is 20.0 Å². The van der Waals surface area contributed by atoms with Crippen molar-refractivity contribution in [2.45, 2.75) is 31.0 Å². The third-order valence-corrected chi connectivity index (χ3v) is 5.87. The molecule has 3 aromatic rings. The van der Waals surface area contributed by atoms with E-state index >= 15 is 0 Å². The Labute approximate surface area is 206 Å². The lowest BCUT2D eigenvalue weighted by Gasteiger charge is -2.17. The van der Waals surface area contributed by atoms with Gasteiger partial charge in [0.2, 0.25) is 10.0 Å². The molecule has 0 aliphatic rings. The van der Waals surface area contributed by atoms with Crippen LogP contribution in [0.4, 0.5) is 24.7 Å². The summed E-state index contributed by atoms with van der Waals surface area (Å²) in [5.74, 6) is 0.813. The van der Waals surface area contributed by atoms with E-state index in [1.807, 2.05) is 13.8 Å². The molecule has 2 N–H and O–H groups in total. The van der Waals surface area contributed by atoms with Gasteiger partial charge in [-0.25, -0.2) is 23.1 Å². The van der Waals surface area contributed by atoms with Gasteiger partial charge in [0, 0.05) is 11.5 Å². The molecule has 3 rings (SSSR count). The van der Waals surface area contributed by atoms with E-state index < -0.39 is 22.8 Å². The van der Waals surface area contributed by atoms with Crippen molar-refractivity contribution in [1.82, 2.24) is 14.7 Å². The number of nitrogens with zero attached hydrogens (tertiary/aromatic N) is 2. The van der Waals surface area contributed by atoms with E-state index in [4.69, 9.17) is 14.2 Å². The van der Waals surface area contributed by atoms with Gasteiger partial charge in [-0.15, -0.1) is 12.4 Å². The molecule has 0 spiro atoms. The lowest BCUT2D eigenvalue weighted by Crippen LogP contribution is -2.20. The van der Waals surface area contributed by atoms with Crippen LogP contribution in [0, 0.1) is 0 Å². The number of aromatic nitrogens is 2. The van der Waals surface area contributed by atoms with Gasteiger partial charge >= 0.3 is 6.18 Å². The zero-order chi connectivity index (χ0) is 25.1. The second-order valence-electron chi connectivity index (χ2n) is 7.30. The predicted molar refractivity (Wildman–Crippen MR) is 127 cm³/mol. The molecule has 0 saturated heterocycles. The minimum Gasteiger partial charge on any atom is -0.493 e. The number of fused-ring (bicyclic) bond motifs is 1. The molecule has 1 heterocycles. The molecule has 2 aromatic carbocycles. The zero-order valence-corrected chi connectivity index (χ0v) is 20.8. The predicted octanol–water partition coefficient (Wildman–Crippen LogP) is 4.44. The van der Waals surface area contributed by atoms with Gasteiger partial charge in [0.15, 0.2) is 18.1 Å². The number of anilines is 2. The summed E-state index contributed by atoms with van der Waals surface area (Å²) < 4.78 is 81.0. The first kappa shape index (κ1) is 28.2. The molecule has 0 fully saturated rings. The molecule has 1 aromatic heterocycles. The van der Waals surface area contributed by atoms with Crippen LogP contribution >= 0.6 is 12.4 Å². The summed E-state index contributed by atoms with van der Waals surface area (Å²) in [6, 6.07) is 6.68. The smallest absolute Gasteiger partial charge is 0.422 e. The standard InChI is InChI=1S/C21H23F3N4O5S.ClH/c1-12(2)33-19-8-14-15(9-18(19)31-4)26-11-27-20(14)28-16-7-13(34(29,30)25-3)5-6-17(16)32-10-21(22,23)24;/h5-9,11-12,25H,10H2,1-4H3,(H,26,27,28);1H.